The van der Waals surface area contributed by atoms with E-state index in [1.165, 1.54) is 12.1 Å². The molecular weight excluding hydrogens is 495 g/mol. The fourth-order valence-corrected chi connectivity index (χ4v) is 6.86. The van der Waals surface area contributed by atoms with Gasteiger partial charge in [-0.25, -0.2) is 8.78 Å². The molecule has 198 valence electrons. The lowest BCUT2D eigenvalue weighted by molar-refractivity contribution is 0.0661. The number of rotatable bonds is 9. The van der Waals surface area contributed by atoms with Gasteiger partial charge in [0.25, 0.3) is 0 Å². The molecule has 0 spiro atoms. The predicted molar refractivity (Wildman–Crippen MR) is 139 cm³/mol. The van der Waals surface area contributed by atoms with E-state index < -0.39 is 11.6 Å². The Morgan fingerprint density at radius 3 is 2.54 bits per heavy atom. The molecule has 1 aromatic carbocycles. The highest BCUT2D eigenvalue weighted by Crippen LogP contribution is 2.45. The molecule has 0 radical (unpaired) electrons. The van der Waals surface area contributed by atoms with Crippen LogP contribution in [0.4, 0.5) is 20.2 Å². The summed E-state index contributed by atoms with van der Waals surface area (Å²) < 4.78 is 31.2. The van der Waals surface area contributed by atoms with Crippen LogP contribution in [-0.4, -0.2) is 79.0 Å². The second kappa shape index (κ2) is 12.6. The van der Waals surface area contributed by atoms with Gasteiger partial charge in [-0.05, 0) is 56.1 Å². The van der Waals surface area contributed by atoms with Crippen molar-refractivity contribution in [1.29, 1.82) is 0 Å². The quantitative estimate of drug-likeness (QED) is 0.286. The SMILES string of the molecule is CCCN1CN(c2c(F)cc(NCCNCCO)cc2F)C2CC(Cl)CCC2C2CC(Cl)CNC21. The average molecular weight is 535 g/mol. The van der Waals surface area contributed by atoms with Crippen molar-refractivity contribution in [1.82, 2.24) is 15.5 Å². The minimum Gasteiger partial charge on any atom is -0.395 e. The lowest BCUT2D eigenvalue weighted by Crippen LogP contribution is -2.57. The van der Waals surface area contributed by atoms with Crippen molar-refractivity contribution in [3.8, 4) is 0 Å². The van der Waals surface area contributed by atoms with Crippen LogP contribution in [0.25, 0.3) is 0 Å². The monoisotopic (exact) mass is 533 g/mol. The van der Waals surface area contributed by atoms with Crippen LogP contribution in [0.5, 0.6) is 0 Å². The molecule has 6 nitrogen and oxygen atoms in total. The van der Waals surface area contributed by atoms with Crippen LogP contribution in [0.15, 0.2) is 12.1 Å². The Morgan fingerprint density at radius 2 is 1.83 bits per heavy atom. The predicted octanol–water partition coefficient (Wildman–Crippen LogP) is 3.77. The van der Waals surface area contributed by atoms with Gasteiger partial charge in [-0.1, -0.05) is 6.92 Å². The lowest BCUT2D eigenvalue weighted by Gasteiger charge is -2.45. The highest BCUT2D eigenvalue weighted by Gasteiger charge is 2.48. The van der Waals surface area contributed by atoms with Gasteiger partial charge < -0.3 is 20.6 Å². The van der Waals surface area contributed by atoms with Crippen molar-refractivity contribution < 1.29 is 13.9 Å². The van der Waals surface area contributed by atoms with Crippen LogP contribution >= 0.6 is 23.2 Å². The largest absolute Gasteiger partial charge is 0.395 e. The summed E-state index contributed by atoms with van der Waals surface area (Å²) in [5, 5.41) is 18.7. The number of nitrogens with zero attached hydrogens (tertiary/aromatic N) is 2. The van der Waals surface area contributed by atoms with E-state index in [9.17, 15) is 0 Å². The van der Waals surface area contributed by atoms with Crippen LogP contribution in [0.1, 0.15) is 39.0 Å². The summed E-state index contributed by atoms with van der Waals surface area (Å²) >= 11 is 13.2. The molecule has 4 rings (SSSR count). The van der Waals surface area contributed by atoms with E-state index in [1.807, 2.05) is 4.90 Å². The Morgan fingerprint density at radius 1 is 1.06 bits per heavy atom. The van der Waals surface area contributed by atoms with Crippen molar-refractivity contribution in [3.05, 3.63) is 23.8 Å². The Kier molecular flexibility index (Phi) is 9.74. The summed E-state index contributed by atoms with van der Waals surface area (Å²) in [5.41, 5.74) is 0.447. The molecule has 2 aliphatic heterocycles. The van der Waals surface area contributed by atoms with E-state index in [1.54, 1.807) is 0 Å². The van der Waals surface area contributed by atoms with Gasteiger partial charge >= 0.3 is 0 Å². The first-order valence-electron chi connectivity index (χ1n) is 13.0. The van der Waals surface area contributed by atoms with Crippen molar-refractivity contribution in [3.63, 3.8) is 0 Å². The maximum atomic E-state index is 15.6. The molecule has 3 aliphatic rings. The van der Waals surface area contributed by atoms with Crippen LogP contribution in [0.2, 0.25) is 0 Å². The maximum Gasteiger partial charge on any atom is 0.151 e. The second-order valence-corrected chi connectivity index (χ2v) is 11.3. The van der Waals surface area contributed by atoms with Crippen molar-refractivity contribution in [2.45, 2.75) is 62.0 Å². The van der Waals surface area contributed by atoms with Crippen LogP contribution in [0.3, 0.4) is 0 Å². The third kappa shape index (κ3) is 6.33. The normalized spacial score (nSPS) is 31.5. The molecular formula is C25H39Cl2F2N5O. The minimum absolute atomic E-state index is 0.00300. The Balaban J connectivity index is 1.63. The van der Waals surface area contributed by atoms with E-state index in [0.29, 0.717) is 44.3 Å². The van der Waals surface area contributed by atoms with Crippen LogP contribution in [0, 0.1) is 23.5 Å². The van der Waals surface area contributed by atoms with Crippen LogP contribution < -0.4 is 20.9 Å². The van der Waals surface area contributed by atoms with E-state index in [0.717, 1.165) is 38.8 Å². The minimum atomic E-state index is -0.559. The Hall–Kier alpha value is -0.900. The fraction of sp³-hybridized carbons (Fsp3) is 0.760. The molecule has 1 aromatic rings. The molecule has 6 unspecified atom stereocenters. The van der Waals surface area contributed by atoms with Gasteiger partial charge in [0.1, 0.15) is 5.69 Å². The van der Waals surface area contributed by atoms with Gasteiger partial charge in [-0.2, -0.15) is 0 Å². The molecule has 1 saturated carbocycles. The highest BCUT2D eigenvalue weighted by atomic mass is 35.5. The zero-order valence-corrected chi connectivity index (χ0v) is 22.0. The number of aliphatic hydroxyl groups is 1. The maximum absolute atomic E-state index is 15.6. The van der Waals surface area contributed by atoms with Gasteiger partial charge in [-0.15, -0.1) is 23.2 Å². The molecule has 1 aliphatic carbocycles. The fourth-order valence-electron chi connectivity index (χ4n) is 6.26. The number of fused-ring (bicyclic) bond motifs is 3. The van der Waals surface area contributed by atoms with Gasteiger partial charge in [0, 0.05) is 55.2 Å². The highest BCUT2D eigenvalue weighted by molar-refractivity contribution is 6.21. The number of hydrogen-bond acceptors (Lipinski definition) is 6. The average Bonchev–Trinajstić information content (AvgIpc) is 2.94. The summed E-state index contributed by atoms with van der Waals surface area (Å²) in [6.07, 6.45) is 4.56. The van der Waals surface area contributed by atoms with Crippen molar-refractivity contribution >= 4 is 34.6 Å². The first-order valence-corrected chi connectivity index (χ1v) is 13.9. The zero-order valence-electron chi connectivity index (χ0n) is 20.5. The number of nitrogens with one attached hydrogen (secondary N) is 3. The van der Waals surface area contributed by atoms with Gasteiger partial charge in [0.05, 0.1) is 19.4 Å². The third-order valence-corrected chi connectivity index (χ3v) is 8.43. The third-order valence-electron chi connectivity index (χ3n) is 7.70. The number of halogens is 4. The van der Waals surface area contributed by atoms with Gasteiger partial charge in [0.15, 0.2) is 11.6 Å². The molecule has 2 saturated heterocycles. The number of piperidine rings is 1. The van der Waals surface area contributed by atoms with E-state index in [-0.39, 0.29) is 41.2 Å². The smallest absolute Gasteiger partial charge is 0.151 e. The Labute approximate surface area is 217 Å². The van der Waals surface area contributed by atoms with E-state index >= 15 is 8.78 Å². The summed E-state index contributed by atoms with van der Waals surface area (Å²) in [6, 6.07) is 2.72. The first kappa shape index (κ1) is 27.1. The molecule has 2 heterocycles. The topological polar surface area (TPSA) is 62.8 Å². The van der Waals surface area contributed by atoms with Gasteiger partial charge in [0.2, 0.25) is 0 Å². The standard InChI is InChI=1S/C25H39Cl2F2N5O/c1-2-8-33-15-34(24-21(28)12-18(13-22(24)29)31-6-5-30-7-9-35)23-11-16(26)3-4-19(23)20-10-17(27)14-32-25(20)33/h12-13,16-17,19-20,23,25,30-32,35H,2-11,14-15H2,1H3. The van der Waals surface area contributed by atoms with Crippen molar-refractivity contribution in [2.24, 2.45) is 11.8 Å². The molecule has 4 N–H and O–H groups in total. The molecule has 35 heavy (non-hydrogen) atoms. The molecule has 0 amide bonds. The molecule has 0 aromatic heterocycles. The Bertz CT molecular complexity index is 814. The summed E-state index contributed by atoms with van der Waals surface area (Å²) in [6.45, 7) is 5.79. The zero-order chi connectivity index (χ0) is 24.9. The number of hydrogen-bond donors (Lipinski definition) is 4. The van der Waals surface area contributed by atoms with Crippen LogP contribution in [-0.2, 0) is 0 Å². The lowest BCUT2D eigenvalue weighted by atomic mass is 9.72. The number of anilines is 2. The van der Waals surface area contributed by atoms with E-state index in [4.69, 9.17) is 28.3 Å². The number of alkyl halides is 2. The molecule has 10 heteroatoms. The summed E-state index contributed by atoms with van der Waals surface area (Å²) in [7, 11) is 0. The first-order chi connectivity index (χ1) is 16.9. The summed E-state index contributed by atoms with van der Waals surface area (Å²) in [4.78, 5) is 4.29. The molecule has 3 fully saturated rings. The molecule has 0 bridgehead atoms. The second-order valence-electron chi connectivity index (χ2n) is 10.1. The van der Waals surface area contributed by atoms with Crippen molar-refractivity contribution in [2.75, 3.05) is 56.2 Å². The molecule has 6 atom stereocenters. The number of aliphatic hydroxyl groups excluding tert-OH is 1. The van der Waals surface area contributed by atoms with E-state index in [2.05, 4.69) is 27.8 Å². The summed E-state index contributed by atoms with van der Waals surface area (Å²) in [5.74, 6) is -0.540. The number of benzene rings is 1. The van der Waals surface area contributed by atoms with Gasteiger partial charge in [-0.3, -0.25) is 10.2 Å².